The minimum absolute atomic E-state index is 0.268. The van der Waals surface area contributed by atoms with Crippen molar-refractivity contribution in [2.24, 2.45) is 5.73 Å². The average molecular weight is 265 g/mol. The smallest absolute Gasteiger partial charge is 0.164 e. The van der Waals surface area contributed by atoms with Crippen molar-refractivity contribution in [1.29, 1.82) is 0 Å². The average Bonchev–Trinajstić information content (AvgIpc) is 2.76. The van der Waals surface area contributed by atoms with Crippen molar-refractivity contribution < 1.29 is 0 Å². The van der Waals surface area contributed by atoms with Crippen molar-refractivity contribution in [3.63, 3.8) is 0 Å². The molecule has 4 nitrogen and oxygen atoms in total. The van der Waals surface area contributed by atoms with Crippen LogP contribution in [-0.2, 0) is 6.54 Å². The summed E-state index contributed by atoms with van der Waals surface area (Å²) in [5.41, 5.74) is 7.73. The number of aryl methyl sites for hydroxylation is 1. The first kappa shape index (κ1) is 13.1. The molecule has 0 atom stereocenters. The summed E-state index contributed by atoms with van der Waals surface area (Å²) in [6, 6.07) is 6.13. The van der Waals surface area contributed by atoms with Gasteiger partial charge in [0.25, 0.3) is 0 Å². The van der Waals surface area contributed by atoms with Gasteiger partial charge in [0.2, 0.25) is 0 Å². The molecular formula is C13H17ClN4. The lowest BCUT2D eigenvalue weighted by atomic mass is 10.1. The molecule has 1 aromatic heterocycles. The number of nitrogens with zero attached hydrogens (tertiary/aromatic N) is 3. The molecule has 0 aliphatic heterocycles. The summed E-state index contributed by atoms with van der Waals surface area (Å²) >= 11 is 6.04. The molecule has 5 heteroatoms. The Kier molecular flexibility index (Phi) is 3.68. The number of rotatable bonds is 3. The first-order valence-corrected chi connectivity index (χ1v) is 6.32. The normalized spacial score (nSPS) is 11.2. The van der Waals surface area contributed by atoms with Crippen LogP contribution in [-0.4, -0.2) is 14.8 Å². The monoisotopic (exact) mass is 264 g/mol. The van der Waals surface area contributed by atoms with E-state index in [2.05, 4.69) is 28.6 Å². The highest BCUT2D eigenvalue weighted by molar-refractivity contribution is 6.31. The van der Waals surface area contributed by atoms with Gasteiger partial charge in [0.05, 0.1) is 6.54 Å². The standard InChI is InChI=1S/C13H17ClN4/c1-8(2)18-12(7-15)16-17-13(18)10-4-5-11(14)9(3)6-10/h4-6,8H,7,15H2,1-3H3. The molecule has 1 aromatic carbocycles. The van der Waals surface area contributed by atoms with Crippen LogP contribution in [0.15, 0.2) is 18.2 Å². The van der Waals surface area contributed by atoms with E-state index in [1.54, 1.807) is 0 Å². The van der Waals surface area contributed by atoms with Gasteiger partial charge in [-0.25, -0.2) is 0 Å². The SMILES string of the molecule is Cc1cc(-c2nnc(CN)n2C(C)C)ccc1Cl. The highest BCUT2D eigenvalue weighted by atomic mass is 35.5. The van der Waals surface area contributed by atoms with Gasteiger partial charge in [-0.15, -0.1) is 10.2 Å². The molecule has 2 aromatic rings. The van der Waals surface area contributed by atoms with Gasteiger partial charge in [-0.05, 0) is 44.5 Å². The first-order valence-electron chi connectivity index (χ1n) is 5.95. The number of aromatic nitrogens is 3. The summed E-state index contributed by atoms with van der Waals surface area (Å²) < 4.78 is 2.06. The molecule has 0 aliphatic carbocycles. The fraction of sp³-hybridized carbons (Fsp3) is 0.385. The Morgan fingerprint density at radius 1 is 1.33 bits per heavy atom. The molecule has 0 spiro atoms. The summed E-state index contributed by atoms with van der Waals surface area (Å²) in [5.74, 6) is 1.64. The Morgan fingerprint density at radius 3 is 2.61 bits per heavy atom. The van der Waals surface area contributed by atoms with Crippen LogP contribution >= 0.6 is 11.6 Å². The predicted molar refractivity (Wildman–Crippen MR) is 73.5 cm³/mol. The van der Waals surface area contributed by atoms with Gasteiger partial charge in [0.1, 0.15) is 5.82 Å². The number of nitrogens with two attached hydrogens (primary N) is 1. The van der Waals surface area contributed by atoms with Crippen LogP contribution in [0.5, 0.6) is 0 Å². The molecule has 0 saturated carbocycles. The van der Waals surface area contributed by atoms with Crippen molar-refractivity contribution in [1.82, 2.24) is 14.8 Å². The molecule has 0 unspecified atom stereocenters. The van der Waals surface area contributed by atoms with Gasteiger partial charge >= 0.3 is 0 Å². The Balaban J connectivity index is 2.56. The van der Waals surface area contributed by atoms with E-state index in [1.807, 2.05) is 25.1 Å². The molecule has 1 heterocycles. The van der Waals surface area contributed by atoms with Gasteiger partial charge in [0.15, 0.2) is 5.82 Å². The van der Waals surface area contributed by atoms with Crippen molar-refractivity contribution in [3.8, 4) is 11.4 Å². The zero-order valence-corrected chi connectivity index (χ0v) is 11.6. The molecule has 18 heavy (non-hydrogen) atoms. The van der Waals surface area contributed by atoms with Gasteiger partial charge < -0.3 is 10.3 Å². The van der Waals surface area contributed by atoms with E-state index in [4.69, 9.17) is 17.3 Å². The lowest BCUT2D eigenvalue weighted by Crippen LogP contribution is -2.11. The summed E-state index contributed by atoms with van der Waals surface area (Å²) in [4.78, 5) is 0. The first-order chi connectivity index (χ1) is 8.54. The molecule has 0 amide bonds. The van der Waals surface area contributed by atoms with Crippen molar-refractivity contribution >= 4 is 11.6 Å². The predicted octanol–water partition coefficient (Wildman–Crippen LogP) is 2.95. The van der Waals surface area contributed by atoms with Crippen molar-refractivity contribution in [3.05, 3.63) is 34.6 Å². The maximum absolute atomic E-state index is 6.04. The molecular weight excluding hydrogens is 248 g/mol. The molecule has 0 aliphatic rings. The largest absolute Gasteiger partial charge is 0.324 e. The summed E-state index contributed by atoms with van der Waals surface area (Å²) in [6.45, 7) is 6.55. The summed E-state index contributed by atoms with van der Waals surface area (Å²) in [6.07, 6.45) is 0. The minimum Gasteiger partial charge on any atom is -0.324 e. The highest BCUT2D eigenvalue weighted by Crippen LogP contribution is 2.26. The van der Waals surface area contributed by atoms with E-state index in [0.717, 1.165) is 27.8 Å². The second-order valence-corrected chi connectivity index (χ2v) is 4.98. The zero-order valence-electron chi connectivity index (χ0n) is 10.8. The fourth-order valence-corrected chi connectivity index (χ4v) is 2.10. The molecule has 0 saturated heterocycles. The number of benzene rings is 1. The Morgan fingerprint density at radius 2 is 2.06 bits per heavy atom. The van der Waals surface area contributed by atoms with E-state index in [-0.39, 0.29) is 6.04 Å². The van der Waals surface area contributed by atoms with Crippen molar-refractivity contribution in [2.45, 2.75) is 33.4 Å². The third-order valence-corrected chi connectivity index (χ3v) is 3.31. The second-order valence-electron chi connectivity index (χ2n) is 4.57. The highest BCUT2D eigenvalue weighted by Gasteiger charge is 2.15. The van der Waals surface area contributed by atoms with Gasteiger partial charge in [0, 0.05) is 16.6 Å². The summed E-state index contributed by atoms with van der Waals surface area (Å²) in [5, 5.41) is 9.14. The molecule has 0 radical (unpaired) electrons. The van der Waals surface area contributed by atoms with Crippen LogP contribution in [0.3, 0.4) is 0 Å². The zero-order chi connectivity index (χ0) is 13.3. The van der Waals surface area contributed by atoms with Crippen LogP contribution in [0.1, 0.15) is 31.3 Å². The minimum atomic E-state index is 0.268. The Labute approximate surface area is 112 Å². The van der Waals surface area contributed by atoms with Crippen LogP contribution in [0, 0.1) is 6.92 Å². The maximum Gasteiger partial charge on any atom is 0.164 e. The van der Waals surface area contributed by atoms with Crippen LogP contribution in [0.4, 0.5) is 0 Å². The third-order valence-electron chi connectivity index (χ3n) is 2.88. The quantitative estimate of drug-likeness (QED) is 0.927. The van der Waals surface area contributed by atoms with Gasteiger partial charge in [-0.3, -0.25) is 0 Å². The molecule has 0 fully saturated rings. The maximum atomic E-state index is 6.04. The molecule has 96 valence electrons. The lowest BCUT2D eigenvalue weighted by molar-refractivity contribution is 0.574. The fourth-order valence-electron chi connectivity index (χ4n) is 1.99. The molecule has 2 rings (SSSR count). The molecule has 0 bridgehead atoms. The third kappa shape index (κ3) is 2.26. The summed E-state index contributed by atoms with van der Waals surface area (Å²) in [7, 11) is 0. The van der Waals surface area contributed by atoms with Crippen LogP contribution in [0.25, 0.3) is 11.4 Å². The van der Waals surface area contributed by atoms with E-state index < -0.39 is 0 Å². The van der Waals surface area contributed by atoms with Crippen LogP contribution < -0.4 is 5.73 Å². The van der Waals surface area contributed by atoms with Crippen LogP contribution in [0.2, 0.25) is 5.02 Å². The number of halogens is 1. The van der Waals surface area contributed by atoms with E-state index >= 15 is 0 Å². The van der Waals surface area contributed by atoms with E-state index in [9.17, 15) is 0 Å². The number of hydrogen-bond acceptors (Lipinski definition) is 3. The Bertz CT molecular complexity index is 560. The number of hydrogen-bond donors (Lipinski definition) is 1. The second kappa shape index (κ2) is 5.08. The molecule has 2 N–H and O–H groups in total. The van der Waals surface area contributed by atoms with E-state index in [1.165, 1.54) is 0 Å². The van der Waals surface area contributed by atoms with Gasteiger partial charge in [-0.2, -0.15) is 0 Å². The Hall–Kier alpha value is -1.39. The van der Waals surface area contributed by atoms with E-state index in [0.29, 0.717) is 6.54 Å². The van der Waals surface area contributed by atoms with Gasteiger partial charge in [-0.1, -0.05) is 11.6 Å². The lowest BCUT2D eigenvalue weighted by Gasteiger charge is -2.13. The topological polar surface area (TPSA) is 56.7 Å². The van der Waals surface area contributed by atoms with Crippen molar-refractivity contribution in [2.75, 3.05) is 0 Å².